The smallest absolute Gasteiger partial charge is 0.126 e. The Kier molecular flexibility index (Phi) is 3.74. The van der Waals surface area contributed by atoms with E-state index in [4.69, 9.17) is 0 Å². The highest BCUT2D eigenvalue weighted by atomic mass is 19.1. The van der Waals surface area contributed by atoms with Crippen LogP contribution in [0.25, 0.3) is 0 Å². The third-order valence-electron chi connectivity index (χ3n) is 3.89. The predicted molar refractivity (Wildman–Crippen MR) is 75.8 cm³/mol. The van der Waals surface area contributed by atoms with E-state index >= 15 is 0 Å². The molecule has 2 aromatic rings. The van der Waals surface area contributed by atoms with Crippen LogP contribution in [0.4, 0.5) is 4.39 Å². The first-order valence-electron chi connectivity index (χ1n) is 6.98. The topological polar surface area (TPSA) is 37.8 Å². The van der Waals surface area contributed by atoms with E-state index in [-0.39, 0.29) is 5.82 Å². The highest BCUT2D eigenvalue weighted by Gasteiger charge is 2.31. The van der Waals surface area contributed by atoms with E-state index in [0.29, 0.717) is 12.0 Å². The molecule has 1 saturated carbocycles. The van der Waals surface area contributed by atoms with Gasteiger partial charge in [-0.1, -0.05) is 18.2 Å². The summed E-state index contributed by atoms with van der Waals surface area (Å²) in [6, 6.07) is 9.46. The zero-order chi connectivity index (χ0) is 13.9. The third-order valence-corrected chi connectivity index (χ3v) is 3.89. The monoisotopic (exact) mass is 271 g/mol. The van der Waals surface area contributed by atoms with Crippen LogP contribution < -0.4 is 5.32 Å². The Morgan fingerprint density at radius 3 is 2.80 bits per heavy atom. The molecule has 0 atom stereocenters. The van der Waals surface area contributed by atoms with Crippen LogP contribution in [-0.2, 0) is 6.54 Å². The number of benzene rings is 1. The van der Waals surface area contributed by atoms with Crippen LogP contribution in [0.5, 0.6) is 0 Å². The van der Waals surface area contributed by atoms with Gasteiger partial charge in [0, 0.05) is 18.8 Å². The second-order valence-electron chi connectivity index (χ2n) is 5.36. The maximum atomic E-state index is 13.6. The molecular formula is C16H18FN3. The Hall–Kier alpha value is -1.81. The van der Waals surface area contributed by atoms with E-state index in [2.05, 4.69) is 15.3 Å². The van der Waals surface area contributed by atoms with Gasteiger partial charge in [-0.25, -0.2) is 14.4 Å². The van der Waals surface area contributed by atoms with Crippen molar-refractivity contribution in [2.24, 2.45) is 0 Å². The molecule has 0 bridgehead atoms. The number of aromatic nitrogens is 2. The largest absolute Gasteiger partial charge is 0.308 e. The number of halogens is 1. The molecule has 0 radical (unpaired) electrons. The van der Waals surface area contributed by atoms with Crippen molar-refractivity contribution in [1.29, 1.82) is 0 Å². The molecule has 0 aliphatic heterocycles. The molecule has 4 heteroatoms. The minimum Gasteiger partial charge on any atom is -0.308 e. The van der Waals surface area contributed by atoms with Gasteiger partial charge in [-0.3, -0.25) is 0 Å². The minimum atomic E-state index is -0.0811. The van der Waals surface area contributed by atoms with Gasteiger partial charge in [-0.15, -0.1) is 0 Å². The van der Waals surface area contributed by atoms with Gasteiger partial charge in [0.05, 0.1) is 5.69 Å². The molecule has 1 aromatic heterocycles. The molecule has 1 aliphatic carbocycles. The molecule has 0 saturated heterocycles. The molecule has 1 fully saturated rings. The van der Waals surface area contributed by atoms with Crippen LogP contribution >= 0.6 is 0 Å². The molecule has 1 heterocycles. The summed E-state index contributed by atoms with van der Waals surface area (Å²) < 4.78 is 13.6. The summed E-state index contributed by atoms with van der Waals surface area (Å²) in [5, 5.41) is 3.47. The summed E-state index contributed by atoms with van der Waals surface area (Å²) in [6.45, 7) is 2.64. The van der Waals surface area contributed by atoms with E-state index in [1.807, 2.05) is 25.1 Å². The molecule has 20 heavy (non-hydrogen) atoms. The lowest BCUT2D eigenvalue weighted by Gasteiger charge is -2.36. The number of nitrogens with zero attached hydrogens (tertiary/aromatic N) is 2. The Labute approximate surface area is 118 Å². The molecular weight excluding hydrogens is 253 g/mol. The average Bonchev–Trinajstić information content (AvgIpc) is 2.39. The summed E-state index contributed by atoms with van der Waals surface area (Å²) in [5.74, 6) is 1.06. The fraction of sp³-hybridized carbons (Fsp3) is 0.375. The molecule has 0 unspecified atom stereocenters. The predicted octanol–water partition coefficient (Wildman–Crippen LogP) is 2.96. The number of rotatable bonds is 4. The van der Waals surface area contributed by atoms with Crippen LogP contribution in [0.2, 0.25) is 0 Å². The second kappa shape index (κ2) is 5.67. The summed E-state index contributed by atoms with van der Waals surface area (Å²) >= 11 is 0. The fourth-order valence-electron chi connectivity index (χ4n) is 2.70. The third kappa shape index (κ3) is 2.85. The van der Waals surface area contributed by atoms with Crippen LogP contribution in [0.3, 0.4) is 0 Å². The lowest BCUT2D eigenvalue weighted by Crippen LogP contribution is -2.40. The van der Waals surface area contributed by atoms with E-state index in [1.165, 1.54) is 0 Å². The van der Waals surface area contributed by atoms with Gasteiger partial charge in [-0.05, 0) is 43.4 Å². The number of aryl methyl sites for hydroxylation is 1. The van der Waals surface area contributed by atoms with E-state index < -0.39 is 0 Å². The highest BCUT2D eigenvalue weighted by Crippen LogP contribution is 2.37. The van der Waals surface area contributed by atoms with E-state index in [0.717, 1.165) is 36.5 Å². The second-order valence-corrected chi connectivity index (χ2v) is 5.36. The van der Waals surface area contributed by atoms with Gasteiger partial charge in [0.25, 0.3) is 0 Å². The summed E-state index contributed by atoms with van der Waals surface area (Å²) in [6.07, 6.45) is 3.76. The first kappa shape index (κ1) is 13.2. The normalized spacial score (nSPS) is 21.5. The van der Waals surface area contributed by atoms with Crippen molar-refractivity contribution in [2.45, 2.75) is 38.3 Å². The average molecular weight is 271 g/mol. The van der Waals surface area contributed by atoms with Gasteiger partial charge in [0.1, 0.15) is 11.6 Å². The van der Waals surface area contributed by atoms with Crippen molar-refractivity contribution in [3.05, 3.63) is 59.4 Å². The van der Waals surface area contributed by atoms with Crippen molar-refractivity contribution in [2.75, 3.05) is 0 Å². The molecule has 104 valence electrons. The van der Waals surface area contributed by atoms with Crippen molar-refractivity contribution in [3.63, 3.8) is 0 Å². The maximum absolute atomic E-state index is 13.6. The van der Waals surface area contributed by atoms with Crippen LogP contribution in [-0.4, -0.2) is 16.0 Å². The quantitative estimate of drug-likeness (QED) is 0.929. The summed E-state index contributed by atoms with van der Waals surface area (Å²) in [7, 11) is 0. The molecule has 1 aliphatic rings. The van der Waals surface area contributed by atoms with Gasteiger partial charge >= 0.3 is 0 Å². The molecule has 0 spiro atoms. The maximum Gasteiger partial charge on any atom is 0.126 e. The minimum absolute atomic E-state index is 0.0811. The lowest BCUT2D eigenvalue weighted by atomic mass is 9.75. The molecule has 3 rings (SSSR count). The zero-order valence-corrected chi connectivity index (χ0v) is 11.5. The van der Waals surface area contributed by atoms with E-state index in [9.17, 15) is 4.39 Å². The number of hydrogen-bond acceptors (Lipinski definition) is 3. The first-order valence-corrected chi connectivity index (χ1v) is 6.98. The van der Waals surface area contributed by atoms with Gasteiger partial charge < -0.3 is 5.32 Å². The van der Waals surface area contributed by atoms with Crippen LogP contribution in [0, 0.1) is 12.7 Å². The fourth-order valence-corrected chi connectivity index (χ4v) is 2.70. The summed E-state index contributed by atoms with van der Waals surface area (Å²) in [5.41, 5.74) is 1.86. The first-order chi connectivity index (χ1) is 9.72. The molecule has 3 nitrogen and oxygen atoms in total. The van der Waals surface area contributed by atoms with Crippen molar-refractivity contribution >= 4 is 0 Å². The number of hydrogen-bond donors (Lipinski definition) is 1. The Morgan fingerprint density at radius 2 is 2.05 bits per heavy atom. The Bertz CT molecular complexity index is 594. The summed E-state index contributed by atoms with van der Waals surface area (Å²) in [4.78, 5) is 8.44. The highest BCUT2D eigenvalue weighted by molar-refractivity contribution is 5.24. The van der Waals surface area contributed by atoms with Gasteiger partial charge in [0.2, 0.25) is 0 Å². The lowest BCUT2D eigenvalue weighted by molar-refractivity contribution is 0.283. The molecule has 1 aromatic carbocycles. The van der Waals surface area contributed by atoms with Gasteiger partial charge in [0.15, 0.2) is 0 Å². The van der Waals surface area contributed by atoms with Crippen molar-refractivity contribution in [1.82, 2.24) is 15.3 Å². The van der Waals surface area contributed by atoms with Crippen LogP contribution in [0.1, 0.15) is 35.8 Å². The van der Waals surface area contributed by atoms with E-state index in [1.54, 1.807) is 18.3 Å². The standard InChI is InChI=1S/C16H18FN3/c1-11-18-7-6-13(20-11)10-19-14-8-12(9-14)15-4-2-3-5-16(15)17/h2-7,12,14,19H,8-10H2,1H3. The SMILES string of the molecule is Cc1nccc(CNC2CC(c3ccccc3F)C2)n1. The van der Waals surface area contributed by atoms with Crippen molar-refractivity contribution < 1.29 is 4.39 Å². The number of nitrogens with one attached hydrogen (secondary N) is 1. The zero-order valence-electron chi connectivity index (χ0n) is 11.5. The molecule has 1 N–H and O–H groups in total. The van der Waals surface area contributed by atoms with Crippen molar-refractivity contribution in [3.8, 4) is 0 Å². The van der Waals surface area contributed by atoms with Crippen LogP contribution in [0.15, 0.2) is 36.5 Å². The Balaban J connectivity index is 1.50. The van der Waals surface area contributed by atoms with Gasteiger partial charge in [-0.2, -0.15) is 0 Å². The Morgan fingerprint density at radius 1 is 1.25 bits per heavy atom. The molecule has 0 amide bonds.